The predicted molar refractivity (Wildman–Crippen MR) is 46.2 cm³/mol. The molecule has 2 atom stereocenters. The van der Waals surface area contributed by atoms with Crippen molar-refractivity contribution < 1.29 is 43.7 Å². The zero-order valence-electron chi connectivity index (χ0n) is 7.68. The summed E-state index contributed by atoms with van der Waals surface area (Å²) in [6.07, 6.45) is -3.31. The van der Waals surface area contributed by atoms with Crippen molar-refractivity contribution in [2.45, 2.75) is 12.2 Å². The normalized spacial score (nSPS) is 23.4. The van der Waals surface area contributed by atoms with E-state index >= 15 is 0 Å². The Balaban J connectivity index is 2.61. The van der Waals surface area contributed by atoms with E-state index in [1.807, 2.05) is 0 Å². The zero-order valence-corrected chi connectivity index (χ0v) is 8.57. The molecule has 0 amide bonds. The smallest absolute Gasteiger partial charge is 0.469 e. The Bertz CT molecular complexity index is 368. The maximum atomic E-state index is 10.7. The lowest BCUT2D eigenvalue weighted by atomic mass is 10.2. The van der Waals surface area contributed by atoms with Crippen LogP contribution in [0.2, 0.25) is 0 Å². The summed E-state index contributed by atoms with van der Waals surface area (Å²) < 4.78 is 18.5. The molecule has 0 aliphatic carbocycles. The number of carbonyl (C=O) groups is 1. The van der Waals surface area contributed by atoms with Crippen molar-refractivity contribution in [3.63, 3.8) is 0 Å². The van der Waals surface area contributed by atoms with Gasteiger partial charge in [0.1, 0.15) is 6.10 Å². The molecule has 0 spiro atoms. The van der Waals surface area contributed by atoms with Crippen LogP contribution in [0.15, 0.2) is 11.5 Å². The first kappa shape index (κ1) is 12.9. The molecule has 1 rings (SSSR count). The largest absolute Gasteiger partial charge is 0.505 e. The van der Waals surface area contributed by atoms with Gasteiger partial charge in [0.15, 0.2) is 11.9 Å². The molecular weight excluding hydrogens is 247 g/mol. The van der Waals surface area contributed by atoms with Crippen molar-refractivity contribution >= 4 is 13.8 Å². The number of rotatable bonds is 4. The molecule has 0 unspecified atom stereocenters. The molecule has 0 saturated carbocycles. The van der Waals surface area contributed by atoms with Crippen molar-refractivity contribution in [3.8, 4) is 0 Å². The Morgan fingerprint density at radius 1 is 1.44 bits per heavy atom. The van der Waals surface area contributed by atoms with E-state index in [2.05, 4.69) is 9.26 Å². The maximum absolute atomic E-state index is 10.7. The van der Waals surface area contributed by atoms with E-state index in [9.17, 15) is 14.5 Å². The maximum Gasteiger partial charge on any atom is 0.469 e. The lowest BCUT2D eigenvalue weighted by molar-refractivity contribution is -0.147. The van der Waals surface area contributed by atoms with Gasteiger partial charge in [-0.05, 0) is 0 Å². The summed E-state index contributed by atoms with van der Waals surface area (Å²) in [6, 6.07) is 0. The van der Waals surface area contributed by atoms with Gasteiger partial charge in [-0.2, -0.15) is 0 Å². The van der Waals surface area contributed by atoms with Crippen LogP contribution in [0.3, 0.4) is 0 Å². The molecule has 0 aromatic heterocycles. The SMILES string of the molecule is O=C1O[C@H]([C@@H](O)COP(=O)(O)O)C(O)=C1O. The van der Waals surface area contributed by atoms with Crippen molar-refractivity contribution in [2.75, 3.05) is 6.61 Å². The van der Waals surface area contributed by atoms with E-state index in [0.717, 1.165) is 0 Å². The van der Waals surface area contributed by atoms with Crippen molar-refractivity contribution in [1.82, 2.24) is 0 Å². The van der Waals surface area contributed by atoms with Crippen molar-refractivity contribution in [3.05, 3.63) is 11.5 Å². The van der Waals surface area contributed by atoms with Gasteiger partial charge in [-0.25, -0.2) is 9.36 Å². The second-order valence-corrected chi connectivity index (χ2v) is 4.15. The monoisotopic (exact) mass is 256 g/mol. The third kappa shape index (κ3) is 2.94. The molecule has 9 nitrogen and oxygen atoms in total. The van der Waals surface area contributed by atoms with Crippen LogP contribution in [0.25, 0.3) is 0 Å². The lowest BCUT2D eigenvalue weighted by Gasteiger charge is -2.17. The standard InChI is InChI=1S/C6H9O9P/c7-2(1-14-16(11,12)13)5-3(8)4(9)6(10)15-5/h2,5,7-9H,1H2,(H2,11,12,13)/t2-,5+/m0/s1. The van der Waals surface area contributed by atoms with Crippen LogP contribution >= 0.6 is 7.82 Å². The number of ether oxygens (including phenoxy) is 1. The number of esters is 1. The Kier molecular flexibility index (Phi) is 3.56. The molecule has 0 aromatic rings. The fourth-order valence-electron chi connectivity index (χ4n) is 0.988. The van der Waals surface area contributed by atoms with Gasteiger partial charge in [0.25, 0.3) is 0 Å². The van der Waals surface area contributed by atoms with Gasteiger partial charge in [-0.1, -0.05) is 0 Å². The van der Waals surface area contributed by atoms with E-state index < -0.39 is 44.1 Å². The fourth-order valence-corrected chi connectivity index (χ4v) is 1.33. The second-order valence-electron chi connectivity index (χ2n) is 2.91. The number of phosphoric acid groups is 1. The zero-order chi connectivity index (χ0) is 12.5. The van der Waals surface area contributed by atoms with E-state index in [0.29, 0.717) is 0 Å². The van der Waals surface area contributed by atoms with Crippen LogP contribution in [-0.4, -0.2) is 49.9 Å². The molecule has 1 heterocycles. The first-order valence-electron chi connectivity index (χ1n) is 3.93. The van der Waals surface area contributed by atoms with Gasteiger partial charge in [-0.15, -0.1) is 0 Å². The van der Waals surface area contributed by atoms with Gasteiger partial charge in [0.2, 0.25) is 5.76 Å². The van der Waals surface area contributed by atoms with E-state index in [1.54, 1.807) is 0 Å². The highest BCUT2D eigenvalue weighted by atomic mass is 31.2. The molecular formula is C6H9O9P. The number of hydrogen-bond donors (Lipinski definition) is 5. The summed E-state index contributed by atoms with van der Waals surface area (Å²) in [7, 11) is -4.77. The molecule has 0 bridgehead atoms. The van der Waals surface area contributed by atoms with Crippen LogP contribution in [0, 0.1) is 0 Å². The molecule has 1 aliphatic heterocycles. The minimum absolute atomic E-state index is 0.875. The highest BCUT2D eigenvalue weighted by Gasteiger charge is 2.39. The molecule has 1 aliphatic rings. The fraction of sp³-hybridized carbons (Fsp3) is 0.500. The summed E-state index contributed by atoms with van der Waals surface area (Å²) in [4.78, 5) is 27.4. The summed E-state index contributed by atoms with van der Waals surface area (Å²) in [6.45, 7) is -0.875. The lowest BCUT2D eigenvalue weighted by Crippen LogP contribution is -2.32. The van der Waals surface area contributed by atoms with Crippen molar-refractivity contribution in [2.24, 2.45) is 0 Å². The number of hydrogen-bond acceptors (Lipinski definition) is 7. The Labute approximate surface area is 88.8 Å². The summed E-state index contributed by atoms with van der Waals surface area (Å²) in [5, 5.41) is 27.2. The number of aliphatic hydroxyl groups excluding tert-OH is 3. The summed E-state index contributed by atoms with van der Waals surface area (Å²) in [5.41, 5.74) is 0. The first-order chi connectivity index (χ1) is 7.22. The van der Waals surface area contributed by atoms with Gasteiger partial charge in [-0.3, -0.25) is 4.52 Å². The second kappa shape index (κ2) is 4.40. The van der Waals surface area contributed by atoms with Gasteiger partial charge >= 0.3 is 13.8 Å². The van der Waals surface area contributed by atoms with E-state index in [4.69, 9.17) is 20.0 Å². The summed E-state index contributed by atoms with van der Waals surface area (Å²) >= 11 is 0. The third-order valence-electron chi connectivity index (χ3n) is 1.70. The van der Waals surface area contributed by atoms with Gasteiger partial charge in [0.05, 0.1) is 6.61 Å². The van der Waals surface area contributed by atoms with Crippen LogP contribution in [0.1, 0.15) is 0 Å². The van der Waals surface area contributed by atoms with E-state index in [-0.39, 0.29) is 0 Å². The first-order valence-corrected chi connectivity index (χ1v) is 5.46. The van der Waals surface area contributed by atoms with Crippen molar-refractivity contribution in [1.29, 1.82) is 0 Å². The number of cyclic esters (lactones) is 1. The molecule has 0 aromatic carbocycles. The van der Waals surface area contributed by atoms with Crippen LogP contribution in [-0.2, 0) is 18.6 Å². The molecule has 92 valence electrons. The molecule has 0 fully saturated rings. The predicted octanol–water partition coefficient (Wildman–Crippen LogP) is -1.29. The number of phosphoric ester groups is 1. The van der Waals surface area contributed by atoms with Gasteiger partial charge < -0.3 is 29.8 Å². The molecule has 10 heteroatoms. The van der Waals surface area contributed by atoms with Crippen LogP contribution in [0.4, 0.5) is 0 Å². The van der Waals surface area contributed by atoms with Crippen LogP contribution < -0.4 is 0 Å². The highest BCUT2D eigenvalue weighted by molar-refractivity contribution is 7.46. The Morgan fingerprint density at radius 2 is 2.00 bits per heavy atom. The number of aliphatic hydroxyl groups is 3. The minimum Gasteiger partial charge on any atom is -0.505 e. The van der Waals surface area contributed by atoms with Gasteiger partial charge in [0, 0.05) is 0 Å². The average Bonchev–Trinajstić information content (AvgIpc) is 2.41. The Morgan fingerprint density at radius 3 is 2.38 bits per heavy atom. The summed E-state index contributed by atoms with van der Waals surface area (Å²) in [5.74, 6) is -3.20. The van der Waals surface area contributed by atoms with Crippen LogP contribution in [0.5, 0.6) is 0 Å². The third-order valence-corrected chi connectivity index (χ3v) is 2.19. The topological polar surface area (TPSA) is 154 Å². The quantitative estimate of drug-likeness (QED) is 0.305. The molecule has 5 N–H and O–H groups in total. The van der Waals surface area contributed by atoms with E-state index in [1.165, 1.54) is 0 Å². The number of carbonyl (C=O) groups excluding carboxylic acids is 1. The minimum atomic E-state index is -4.77. The Hall–Kier alpha value is -1.12. The molecule has 0 radical (unpaired) electrons. The highest BCUT2D eigenvalue weighted by Crippen LogP contribution is 2.36. The molecule has 16 heavy (non-hydrogen) atoms. The molecule has 0 saturated heterocycles. The average molecular weight is 256 g/mol.